The molecule has 38 heavy (non-hydrogen) atoms. The maximum atomic E-state index is 13.1. The number of rotatable bonds is 15. The average molecular weight is 646 g/mol. The van der Waals surface area contributed by atoms with E-state index in [1.54, 1.807) is 13.0 Å². The third-order valence-electron chi connectivity index (χ3n) is 5.97. The van der Waals surface area contributed by atoms with E-state index in [2.05, 4.69) is 5.32 Å². The van der Waals surface area contributed by atoms with Gasteiger partial charge in [-0.25, -0.2) is 0 Å². The van der Waals surface area contributed by atoms with Crippen molar-refractivity contribution < 1.29 is 43.6 Å². The van der Waals surface area contributed by atoms with Gasteiger partial charge in [-0.3, -0.25) is 19.2 Å². The first kappa shape index (κ1) is 31.7. The molecule has 210 valence electrons. The maximum Gasteiger partial charge on any atom is 0.290 e. The number of aliphatic hydroxyl groups excluding tert-OH is 2. The normalized spacial score (nSPS) is 18.8. The molecule has 1 aliphatic rings. The van der Waals surface area contributed by atoms with Crippen molar-refractivity contribution in [1.82, 2.24) is 10.2 Å². The lowest BCUT2D eigenvalue weighted by atomic mass is 9.87. The molecule has 0 saturated heterocycles. The molecule has 1 aromatic rings. The number of amides is 2. The smallest absolute Gasteiger partial charge is 0.290 e. The molecule has 2 rings (SSSR count). The number of ether oxygens (including phenoxy) is 3. The number of nitrogens with one attached hydrogen (secondary N) is 1. The van der Waals surface area contributed by atoms with E-state index in [0.29, 0.717) is 35.1 Å². The summed E-state index contributed by atoms with van der Waals surface area (Å²) >= 11 is 1.97. The molecule has 12 heteroatoms. The number of aldehydes is 1. The van der Waals surface area contributed by atoms with E-state index in [4.69, 9.17) is 19.3 Å². The minimum Gasteiger partial charge on any atom is -0.493 e. The molecule has 3 N–H and O–H groups in total. The van der Waals surface area contributed by atoms with Gasteiger partial charge in [-0.1, -0.05) is 6.92 Å². The molecule has 0 radical (unpaired) electrons. The van der Waals surface area contributed by atoms with Gasteiger partial charge in [0.1, 0.15) is 18.5 Å². The SMILES string of the molecule is CCOCCCN(C(=O)C(=O)CC)[C@@H]1CC(C(=O)NCCO)=C[C@H](Oc2c(I)cc(C=O)cc2OC)[C@H]1O. The lowest BCUT2D eigenvalue weighted by Crippen LogP contribution is -2.56. The quantitative estimate of drug-likeness (QED) is 0.111. The summed E-state index contributed by atoms with van der Waals surface area (Å²) in [5.41, 5.74) is 0.591. The van der Waals surface area contributed by atoms with Crippen LogP contribution in [0.1, 0.15) is 43.5 Å². The van der Waals surface area contributed by atoms with Crippen LogP contribution in [0.3, 0.4) is 0 Å². The zero-order valence-electron chi connectivity index (χ0n) is 21.8. The van der Waals surface area contributed by atoms with Crippen LogP contribution in [0, 0.1) is 3.57 Å². The predicted molar refractivity (Wildman–Crippen MR) is 146 cm³/mol. The zero-order valence-corrected chi connectivity index (χ0v) is 23.9. The fourth-order valence-electron chi connectivity index (χ4n) is 4.05. The number of aliphatic hydroxyl groups is 2. The maximum absolute atomic E-state index is 13.1. The summed E-state index contributed by atoms with van der Waals surface area (Å²) in [7, 11) is 1.41. The highest BCUT2D eigenvalue weighted by Gasteiger charge is 2.41. The molecule has 3 atom stereocenters. The van der Waals surface area contributed by atoms with Gasteiger partial charge in [-0.05, 0) is 54.1 Å². The molecule has 0 bridgehead atoms. The molecule has 0 aliphatic heterocycles. The highest BCUT2D eigenvalue weighted by atomic mass is 127. The Labute approximate surface area is 235 Å². The van der Waals surface area contributed by atoms with Crippen molar-refractivity contribution in [1.29, 1.82) is 0 Å². The molecular formula is C26H35IN2O9. The number of carbonyl (C=O) groups excluding carboxylic acids is 4. The van der Waals surface area contributed by atoms with Crippen LogP contribution in [0.5, 0.6) is 11.5 Å². The number of halogens is 1. The summed E-state index contributed by atoms with van der Waals surface area (Å²) in [6.07, 6.45) is 0.0836. The van der Waals surface area contributed by atoms with Crippen LogP contribution < -0.4 is 14.8 Å². The average Bonchev–Trinajstić information content (AvgIpc) is 2.92. The number of Topliss-reactive ketones (excluding diaryl/α,β-unsaturated/α-hetero) is 1. The molecule has 0 saturated carbocycles. The van der Waals surface area contributed by atoms with E-state index in [9.17, 15) is 24.3 Å². The Morgan fingerprint density at radius 1 is 1.26 bits per heavy atom. The third-order valence-corrected chi connectivity index (χ3v) is 6.77. The molecule has 11 nitrogen and oxygen atoms in total. The Morgan fingerprint density at radius 3 is 2.61 bits per heavy atom. The summed E-state index contributed by atoms with van der Waals surface area (Å²) in [5.74, 6) is -1.38. The van der Waals surface area contributed by atoms with Crippen LogP contribution in [-0.2, 0) is 19.1 Å². The summed E-state index contributed by atoms with van der Waals surface area (Å²) in [5, 5.41) is 23.1. The number of ketones is 1. The van der Waals surface area contributed by atoms with Crippen molar-refractivity contribution in [3.8, 4) is 11.5 Å². The Kier molecular flexibility index (Phi) is 13.1. The number of methoxy groups -OCH3 is 1. The lowest BCUT2D eigenvalue weighted by Gasteiger charge is -2.40. The van der Waals surface area contributed by atoms with Crippen molar-refractivity contribution in [2.24, 2.45) is 0 Å². The summed E-state index contributed by atoms with van der Waals surface area (Å²) in [6, 6.07) is 2.11. The van der Waals surface area contributed by atoms with E-state index in [-0.39, 0.29) is 49.6 Å². The molecule has 2 amide bonds. The highest BCUT2D eigenvalue weighted by Crippen LogP contribution is 2.37. The second-order valence-electron chi connectivity index (χ2n) is 8.49. The van der Waals surface area contributed by atoms with Crippen molar-refractivity contribution >= 4 is 46.5 Å². The first-order valence-electron chi connectivity index (χ1n) is 12.4. The van der Waals surface area contributed by atoms with Gasteiger partial charge in [0.2, 0.25) is 11.7 Å². The lowest BCUT2D eigenvalue weighted by molar-refractivity contribution is -0.149. The molecule has 0 spiro atoms. The van der Waals surface area contributed by atoms with E-state index < -0.39 is 35.8 Å². The topological polar surface area (TPSA) is 152 Å². The molecule has 0 heterocycles. The monoisotopic (exact) mass is 646 g/mol. The van der Waals surface area contributed by atoms with E-state index in [1.165, 1.54) is 24.2 Å². The zero-order chi connectivity index (χ0) is 28.2. The minimum absolute atomic E-state index is 0.0122. The highest BCUT2D eigenvalue weighted by molar-refractivity contribution is 14.1. The fraction of sp³-hybridized carbons (Fsp3) is 0.538. The van der Waals surface area contributed by atoms with Crippen molar-refractivity contribution in [2.75, 3.05) is 40.0 Å². The van der Waals surface area contributed by atoms with E-state index >= 15 is 0 Å². The van der Waals surface area contributed by atoms with Crippen LogP contribution in [0.25, 0.3) is 0 Å². The minimum atomic E-state index is -1.31. The van der Waals surface area contributed by atoms with E-state index in [1.807, 2.05) is 29.5 Å². The number of nitrogens with zero attached hydrogens (tertiary/aromatic N) is 1. The standard InChI is InChI=1S/C26H35IN2O9/c1-4-20(32)26(35)29(8-6-10-37-5-2)19-13-17(25(34)28-7-9-30)14-21(23(19)33)38-24-18(27)11-16(15-31)12-22(24)36-3/h11-12,14-15,19,21,23,30,33H,4-10,13H2,1-3H3,(H,28,34)/t19-,21+,23+/m1/s1. The molecular weight excluding hydrogens is 611 g/mol. The Balaban J connectivity index is 2.50. The van der Waals surface area contributed by atoms with E-state index in [0.717, 1.165) is 0 Å². The second-order valence-corrected chi connectivity index (χ2v) is 9.66. The Bertz CT molecular complexity index is 1030. The fourth-order valence-corrected chi connectivity index (χ4v) is 4.80. The van der Waals surface area contributed by atoms with Crippen LogP contribution in [-0.4, -0.2) is 97.3 Å². The van der Waals surface area contributed by atoms with Crippen LogP contribution >= 0.6 is 22.6 Å². The summed E-state index contributed by atoms with van der Waals surface area (Å²) in [4.78, 5) is 51.0. The summed E-state index contributed by atoms with van der Waals surface area (Å²) in [6.45, 7) is 4.13. The second kappa shape index (κ2) is 15.8. The van der Waals surface area contributed by atoms with Gasteiger partial charge in [0.05, 0.1) is 23.3 Å². The van der Waals surface area contributed by atoms with Crippen LogP contribution in [0.4, 0.5) is 0 Å². The summed E-state index contributed by atoms with van der Waals surface area (Å²) < 4.78 is 17.4. The largest absolute Gasteiger partial charge is 0.493 e. The number of hydrogen-bond donors (Lipinski definition) is 3. The van der Waals surface area contributed by atoms with Crippen molar-refractivity contribution in [3.63, 3.8) is 0 Å². The van der Waals surface area contributed by atoms with Crippen molar-refractivity contribution in [2.45, 2.75) is 51.4 Å². The Morgan fingerprint density at radius 2 is 2.00 bits per heavy atom. The molecule has 0 fully saturated rings. The van der Waals surface area contributed by atoms with Gasteiger partial charge >= 0.3 is 0 Å². The number of carbonyl (C=O) groups is 4. The van der Waals surface area contributed by atoms with Gasteiger partial charge in [0.15, 0.2) is 11.5 Å². The predicted octanol–water partition coefficient (Wildman–Crippen LogP) is 1.26. The van der Waals surface area contributed by atoms with Crippen molar-refractivity contribution in [3.05, 3.63) is 32.9 Å². The van der Waals surface area contributed by atoms with Gasteiger partial charge in [0.25, 0.3) is 5.91 Å². The van der Waals surface area contributed by atoms with Crippen LogP contribution in [0.2, 0.25) is 0 Å². The van der Waals surface area contributed by atoms with Gasteiger partial charge in [-0.2, -0.15) is 0 Å². The Hall–Kier alpha value is -2.55. The number of hydrogen-bond acceptors (Lipinski definition) is 9. The molecule has 1 aromatic carbocycles. The molecule has 0 aromatic heterocycles. The van der Waals surface area contributed by atoms with Gasteiger partial charge in [-0.15, -0.1) is 0 Å². The third kappa shape index (κ3) is 8.22. The first-order valence-corrected chi connectivity index (χ1v) is 13.5. The van der Waals surface area contributed by atoms with Gasteiger partial charge in [0, 0.05) is 50.3 Å². The molecule has 1 aliphatic carbocycles. The first-order chi connectivity index (χ1) is 18.2. The molecule has 0 unspecified atom stereocenters. The van der Waals surface area contributed by atoms with Crippen LogP contribution in [0.15, 0.2) is 23.8 Å². The number of benzene rings is 1. The van der Waals surface area contributed by atoms with Gasteiger partial charge < -0.3 is 34.6 Å².